The minimum Gasteiger partial charge on any atom is -0.492 e. The third-order valence-corrected chi connectivity index (χ3v) is 3.32. The Morgan fingerprint density at radius 2 is 2.11 bits per heavy atom. The Morgan fingerprint density at radius 3 is 2.84 bits per heavy atom. The molecule has 4 nitrogen and oxygen atoms in total. The van der Waals surface area contributed by atoms with E-state index in [1.165, 1.54) is 6.07 Å². The van der Waals surface area contributed by atoms with Crippen molar-refractivity contribution >= 4 is 22.2 Å². The molecule has 1 aromatic carbocycles. The van der Waals surface area contributed by atoms with Crippen molar-refractivity contribution in [1.29, 1.82) is 0 Å². The maximum atomic E-state index is 11.5. The maximum absolute atomic E-state index is 11.5. The lowest BCUT2D eigenvalue weighted by atomic mass is 10.2. The number of halogens is 1. The number of aromatic nitrogens is 1. The zero-order valence-corrected chi connectivity index (χ0v) is 11.7. The number of hydrogen-bond donors (Lipinski definition) is 0. The summed E-state index contributed by atoms with van der Waals surface area (Å²) in [7, 11) is 0. The molecular weight excluding hydrogens is 310 g/mol. The van der Waals surface area contributed by atoms with Gasteiger partial charge in [-0.2, -0.15) is 0 Å². The average Bonchev–Trinajstić information content (AvgIpc) is 2.43. The highest BCUT2D eigenvalue weighted by molar-refractivity contribution is 9.10. The van der Waals surface area contributed by atoms with Crippen molar-refractivity contribution < 1.29 is 9.53 Å². The Morgan fingerprint density at radius 1 is 1.26 bits per heavy atom. The van der Waals surface area contributed by atoms with Gasteiger partial charge in [0.25, 0.3) is 5.56 Å². The summed E-state index contributed by atoms with van der Waals surface area (Å²) >= 11 is 3.27. The number of carbonyl (C=O) groups excluding carboxylic acids is 1. The van der Waals surface area contributed by atoms with Gasteiger partial charge in [0.2, 0.25) is 0 Å². The fraction of sp³-hybridized carbons (Fsp3) is 0.143. The zero-order valence-electron chi connectivity index (χ0n) is 10.1. The molecule has 0 radical (unpaired) electrons. The van der Waals surface area contributed by atoms with Gasteiger partial charge in [-0.15, -0.1) is 0 Å². The molecule has 19 heavy (non-hydrogen) atoms. The van der Waals surface area contributed by atoms with E-state index in [0.29, 0.717) is 24.5 Å². The molecule has 2 rings (SSSR count). The lowest BCUT2D eigenvalue weighted by Gasteiger charge is -2.08. The predicted octanol–water partition coefficient (Wildman–Crippen LogP) is 2.50. The molecule has 0 aliphatic carbocycles. The Hall–Kier alpha value is -1.88. The minimum absolute atomic E-state index is 0.0597. The number of carbonyl (C=O) groups is 1. The van der Waals surface area contributed by atoms with E-state index in [0.717, 1.165) is 10.8 Å². The van der Waals surface area contributed by atoms with Crippen molar-refractivity contribution in [1.82, 2.24) is 4.57 Å². The van der Waals surface area contributed by atoms with Crippen LogP contribution in [0.2, 0.25) is 0 Å². The van der Waals surface area contributed by atoms with Crippen molar-refractivity contribution in [2.75, 3.05) is 6.61 Å². The van der Waals surface area contributed by atoms with E-state index in [1.54, 1.807) is 41.1 Å². The molecule has 5 heteroatoms. The van der Waals surface area contributed by atoms with Crippen molar-refractivity contribution in [3.8, 4) is 5.75 Å². The molecule has 0 fully saturated rings. The monoisotopic (exact) mass is 321 g/mol. The van der Waals surface area contributed by atoms with E-state index in [2.05, 4.69) is 15.9 Å². The summed E-state index contributed by atoms with van der Waals surface area (Å²) in [5, 5.41) is 0. The molecule has 0 saturated carbocycles. The minimum atomic E-state index is -0.0597. The van der Waals surface area contributed by atoms with Crippen LogP contribution in [0.25, 0.3) is 0 Å². The SMILES string of the molecule is O=Cc1cc(OCCn2ccccc2=O)ccc1Br. The first-order chi connectivity index (χ1) is 9.20. The van der Waals surface area contributed by atoms with Crippen LogP contribution in [-0.4, -0.2) is 17.5 Å². The van der Waals surface area contributed by atoms with Crippen LogP contribution in [0, 0.1) is 0 Å². The van der Waals surface area contributed by atoms with E-state index in [-0.39, 0.29) is 5.56 Å². The summed E-state index contributed by atoms with van der Waals surface area (Å²) in [6.45, 7) is 0.829. The molecule has 0 amide bonds. The number of ether oxygens (including phenoxy) is 1. The van der Waals surface area contributed by atoms with Crippen molar-refractivity contribution in [3.05, 3.63) is 63.0 Å². The fourth-order valence-corrected chi connectivity index (χ4v) is 1.95. The second-order valence-electron chi connectivity index (χ2n) is 3.88. The van der Waals surface area contributed by atoms with Crippen LogP contribution >= 0.6 is 15.9 Å². The van der Waals surface area contributed by atoms with Crippen molar-refractivity contribution in [2.24, 2.45) is 0 Å². The third kappa shape index (κ3) is 3.54. The standard InChI is InChI=1S/C14H12BrNO3/c15-13-5-4-12(9-11(13)10-17)19-8-7-16-6-2-1-3-14(16)18/h1-6,9-10H,7-8H2. The van der Waals surface area contributed by atoms with Crippen LogP contribution in [0.3, 0.4) is 0 Å². The molecule has 0 aliphatic heterocycles. The van der Waals surface area contributed by atoms with Gasteiger partial charge in [-0.1, -0.05) is 22.0 Å². The first-order valence-electron chi connectivity index (χ1n) is 5.74. The van der Waals surface area contributed by atoms with Gasteiger partial charge in [-0.3, -0.25) is 9.59 Å². The molecule has 2 aromatic rings. The maximum Gasteiger partial charge on any atom is 0.250 e. The first kappa shape index (κ1) is 13.5. The summed E-state index contributed by atoms with van der Waals surface area (Å²) in [5.74, 6) is 0.606. The van der Waals surface area contributed by atoms with Crippen LogP contribution in [0.4, 0.5) is 0 Å². The van der Waals surface area contributed by atoms with E-state index in [4.69, 9.17) is 4.74 Å². The molecule has 0 spiro atoms. The molecule has 0 N–H and O–H groups in total. The second kappa shape index (κ2) is 6.33. The van der Waals surface area contributed by atoms with Gasteiger partial charge in [0.1, 0.15) is 12.4 Å². The van der Waals surface area contributed by atoms with Gasteiger partial charge in [0.05, 0.1) is 6.54 Å². The molecule has 1 heterocycles. The Balaban J connectivity index is 1.98. The topological polar surface area (TPSA) is 48.3 Å². The Kier molecular flexibility index (Phi) is 4.52. The predicted molar refractivity (Wildman–Crippen MR) is 75.7 cm³/mol. The molecule has 0 unspecified atom stereocenters. The van der Waals surface area contributed by atoms with Crippen LogP contribution in [0.5, 0.6) is 5.75 Å². The van der Waals surface area contributed by atoms with Gasteiger partial charge in [-0.25, -0.2) is 0 Å². The van der Waals surface area contributed by atoms with Gasteiger partial charge < -0.3 is 9.30 Å². The lowest BCUT2D eigenvalue weighted by molar-refractivity contribution is 0.112. The summed E-state index contributed by atoms with van der Waals surface area (Å²) in [6.07, 6.45) is 2.47. The molecular formula is C14H12BrNO3. The third-order valence-electron chi connectivity index (χ3n) is 2.59. The summed E-state index contributed by atoms with van der Waals surface area (Å²) < 4.78 is 7.82. The quantitative estimate of drug-likeness (QED) is 0.795. The highest BCUT2D eigenvalue weighted by atomic mass is 79.9. The van der Waals surface area contributed by atoms with E-state index >= 15 is 0 Å². The molecule has 0 bridgehead atoms. The summed E-state index contributed by atoms with van der Waals surface area (Å²) in [6, 6.07) is 10.2. The van der Waals surface area contributed by atoms with Crippen LogP contribution < -0.4 is 10.3 Å². The second-order valence-corrected chi connectivity index (χ2v) is 4.74. The number of rotatable bonds is 5. The zero-order chi connectivity index (χ0) is 13.7. The largest absolute Gasteiger partial charge is 0.492 e. The van der Waals surface area contributed by atoms with E-state index in [9.17, 15) is 9.59 Å². The van der Waals surface area contributed by atoms with Crippen LogP contribution in [-0.2, 0) is 6.54 Å². The smallest absolute Gasteiger partial charge is 0.250 e. The normalized spacial score (nSPS) is 10.2. The Bertz CT molecular complexity index is 637. The summed E-state index contributed by atoms with van der Waals surface area (Å²) in [5.41, 5.74) is 0.477. The number of benzene rings is 1. The highest BCUT2D eigenvalue weighted by Gasteiger charge is 2.01. The highest BCUT2D eigenvalue weighted by Crippen LogP contribution is 2.21. The first-order valence-corrected chi connectivity index (χ1v) is 6.53. The molecule has 98 valence electrons. The van der Waals surface area contributed by atoms with Gasteiger partial charge in [0.15, 0.2) is 6.29 Å². The molecule has 0 saturated heterocycles. The fourth-order valence-electron chi connectivity index (χ4n) is 1.61. The van der Waals surface area contributed by atoms with Crippen LogP contribution in [0.15, 0.2) is 51.9 Å². The van der Waals surface area contributed by atoms with Gasteiger partial charge in [-0.05, 0) is 24.3 Å². The summed E-state index contributed by atoms with van der Waals surface area (Å²) in [4.78, 5) is 22.3. The average molecular weight is 322 g/mol. The number of pyridine rings is 1. The number of hydrogen-bond acceptors (Lipinski definition) is 3. The van der Waals surface area contributed by atoms with Gasteiger partial charge >= 0.3 is 0 Å². The number of nitrogens with zero attached hydrogens (tertiary/aromatic N) is 1. The van der Waals surface area contributed by atoms with E-state index in [1.807, 2.05) is 0 Å². The van der Waals surface area contributed by atoms with Gasteiger partial charge in [0, 0.05) is 22.3 Å². The molecule has 0 atom stereocenters. The molecule has 0 aliphatic rings. The molecule has 1 aromatic heterocycles. The van der Waals surface area contributed by atoms with Crippen molar-refractivity contribution in [3.63, 3.8) is 0 Å². The van der Waals surface area contributed by atoms with Crippen LogP contribution in [0.1, 0.15) is 10.4 Å². The van der Waals surface area contributed by atoms with E-state index < -0.39 is 0 Å². The Labute approximate surface area is 118 Å². The number of aldehydes is 1. The lowest BCUT2D eigenvalue weighted by Crippen LogP contribution is -2.21. The van der Waals surface area contributed by atoms with Crippen molar-refractivity contribution in [2.45, 2.75) is 6.54 Å².